The highest BCUT2D eigenvalue weighted by atomic mass is 16.5. The Morgan fingerprint density at radius 3 is 2.32 bits per heavy atom. The Bertz CT molecular complexity index is 309. The molecule has 3 fully saturated rings. The van der Waals surface area contributed by atoms with Crippen molar-refractivity contribution < 1.29 is 9.53 Å². The Labute approximate surface area is 116 Å². The zero-order valence-electron chi connectivity index (χ0n) is 11.9. The van der Waals surface area contributed by atoms with Gasteiger partial charge in [-0.3, -0.25) is 9.69 Å². The molecule has 19 heavy (non-hydrogen) atoms. The van der Waals surface area contributed by atoms with Crippen molar-refractivity contribution in [2.24, 2.45) is 5.92 Å². The minimum atomic E-state index is 0.255. The van der Waals surface area contributed by atoms with Crippen molar-refractivity contribution >= 4 is 5.91 Å². The lowest BCUT2D eigenvalue weighted by molar-refractivity contribution is -0.143. The smallest absolute Gasteiger partial charge is 0.227 e. The summed E-state index contributed by atoms with van der Waals surface area (Å²) in [5.41, 5.74) is 0. The molecule has 0 spiro atoms. The minimum absolute atomic E-state index is 0.255. The second-order valence-corrected chi connectivity index (χ2v) is 6.14. The summed E-state index contributed by atoms with van der Waals surface area (Å²) in [4.78, 5) is 17.4. The molecule has 0 bridgehead atoms. The number of likely N-dealkylation sites (tertiary alicyclic amines) is 1. The van der Waals surface area contributed by atoms with Crippen LogP contribution >= 0.6 is 0 Å². The molecule has 0 unspecified atom stereocenters. The van der Waals surface area contributed by atoms with E-state index in [2.05, 4.69) is 4.90 Å². The molecule has 2 atom stereocenters. The number of nitrogens with zero attached hydrogens (tertiary/aromatic N) is 2. The van der Waals surface area contributed by atoms with E-state index in [0.29, 0.717) is 25.2 Å². The maximum absolute atomic E-state index is 12.8. The number of carbonyl (C=O) groups excluding carboxylic acids is 1. The third-order valence-corrected chi connectivity index (χ3v) is 4.98. The van der Waals surface area contributed by atoms with E-state index in [-0.39, 0.29) is 5.92 Å². The molecule has 1 amide bonds. The first-order chi connectivity index (χ1) is 9.36. The molecule has 0 aromatic carbocycles. The monoisotopic (exact) mass is 266 g/mol. The molecule has 2 heterocycles. The van der Waals surface area contributed by atoms with Gasteiger partial charge in [-0.1, -0.05) is 12.8 Å². The van der Waals surface area contributed by atoms with Gasteiger partial charge in [0, 0.05) is 19.1 Å². The third-order valence-electron chi connectivity index (χ3n) is 4.98. The number of hydrogen-bond acceptors (Lipinski definition) is 3. The Morgan fingerprint density at radius 2 is 1.58 bits per heavy atom. The maximum Gasteiger partial charge on any atom is 0.227 e. The quantitative estimate of drug-likeness (QED) is 0.759. The standard InChI is InChI=1S/C15H26N2O2/c18-15(17-9-11-19-12-10-17)13-5-1-2-6-14(13)16-7-3-4-8-16/h13-14H,1-12H2/t13-,14+/m1/s1. The van der Waals surface area contributed by atoms with E-state index in [1.807, 2.05) is 4.90 Å². The van der Waals surface area contributed by atoms with Crippen LogP contribution < -0.4 is 0 Å². The van der Waals surface area contributed by atoms with Crippen LogP contribution in [0.2, 0.25) is 0 Å². The summed E-state index contributed by atoms with van der Waals surface area (Å²) < 4.78 is 5.36. The molecule has 3 aliphatic rings. The largest absolute Gasteiger partial charge is 0.378 e. The van der Waals surface area contributed by atoms with Crippen LogP contribution in [0.15, 0.2) is 0 Å². The fourth-order valence-corrected chi connectivity index (χ4v) is 3.93. The molecule has 0 N–H and O–H groups in total. The molecule has 3 rings (SSSR count). The minimum Gasteiger partial charge on any atom is -0.378 e. The third kappa shape index (κ3) is 2.95. The molecule has 2 aliphatic heterocycles. The lowest BCUT2D eigenvalue weighted by Gasteiger charge is -2.40. The number of morpholine rings is 1. The molecule has 0 aromatic heterocycles. The second kappa shape index (κ2) is 6.23. The predicted molar refractivity (Wildman–Crippen MR) is 74.0 cm³/mol. The topological polar surface area (TPSA) is 32.8 Å². The predicted octanol–water partition coefficient (Wildman–Crippen LogP) is 1.50. The van der Waals surface area contributed by atoms with Gasteiger partial charge in [0.15, 0.2) is 0 Å². The molecule has 1 saturated carbocycles. The molecule has 108 valence electrons. The zero-order chi connectivity index (χ0) is 13.1. The Kier molecular flexibility index (Phi) is 4.38. The molecule has 1 aliphatic carbocycles. The van der Waals surface area contributed by atoms with Crippen molar-refractivity contribution in [2.75, 3.05) is 39.4 Å². The average Bonchev–Trinajstić information content (AvgIpc) is 3.01. The Balaban J connectivity index is 1.66. The van der Waals surface area contributed by atoms with Crippen molar-refractivity contribution in [3.63, 3.8) is 0 Å². The van der Waals surface area contributed by atoms with Crippen molar-refractivity contribution in [1.29, 1.82) is 0 Å². The number of rotatable bonds is 2. The molecule has 4 heteroatoms. The van der Waals surface area contributed by atoms with Gasteiger partial charge in [-0.25, -0.2) is 0 Å². The number of hydrogen-bond donors (Lipinski definition) is 0. The summed E-state index contributed by atoms with van der Waals surface area (Å²) in [7, 11) is 0. The molecule has 2 saturated heterocycles. The van der Waals surface area contributed by atoms with Crippen LogP contribution in [0, 0.1) is 5.92 Å². The van der Waals surface area contributed by atoms with Gasteiger partial charge in [0.25, 0.3) is 0 Å². The van der Waals surface area contributed by atoms with Crippen molar-refractivity contribution in [3.8, 4) is 0 Å². The van der Waals surface area contributed by atoms with E-state index >= 15 is 0 Å². The van der Waals surface area contributed by atoms with Crippen LogP contribution in [0.3, 0.4) is 0 Å². The molecule has 0 radical (unpaired) electrons. The van der Waals surface area contributed by atoms with Gasteiger partial charge >= 0.3 is 0 Å². The van der Waals surface area contributed by atoms with Gasteiger partial charge in [-0.05, 0) is 38.8 Å². The fraction of sp³-hybridized carbons (Fsp3) is 0.933. The normalized spacial score (nSPS) is 33.6. The van der Waals surface area contributed by atoms with Gasteiger partial charge in [0.2, 0.25) is 5.91 Å². The van der Waals surface area contributed by atoms with Crippen LogP contribution in [0.4, 0.5) is 0 Å². The molecule has 4 nitrogen and oxygen atoms in total. The summed E-state index contributed by atoms with van der Waals surface area (Å²) in [6.45, 7) is 5.43. The van der Waals surface area contributed by atoms with E-state index in [1.54, 1.807) is 0 Å². The van der Waals surface area contributed by atoms with Gasteiger partial charge in [0.1, 0.15) is 0 Å². The second-order valence-electron chi connectivity index (χ2n) is 6.14. The first-order valence-electron chi connectivity index (χ1n) is 7.97. The lowest BCUT2D eigenvalue weighted by Crippen LogP contribution is -2.51. The Morgan fingerprint density at radius 1 is 0.895 bits per heavy atom. The number of carbonyl (C=O) groups is 1. The van der Waals surface area contributed by atoms with Crippen molar-refractivity contribution in [1.82, 2.24) is 9.80 Å². The summed E-state index contributed by atoms with van der Waals surface area (Å²) >= 11 is 0. The SMILES string of the molecule is O=C([C@@H]1CCCC[C@@H]1N1CCCC1)N1CCOCC1. The average molecular weight is 266 g/mol. The summed E-state index contributed by atoms with van der Waals surface area (Å²) in [6, 6.07) is 0.520. The van der Waals surface area contributed by atoms with Crippen LogP contribution in [-0.4, -0.2) is 61.1 Å². The summed E-state index contributed by atoms with van der Waals surface area (Å²) in [5.74, 6) is 0.657. The zero-order valence-corrected chi connectivity index (χ0v) is 11.9. The van der Waals surface area contributed by atoms with E-state index in [4.69, 9.17) is 4.74 Å². The van der Waals surface area contributed by atoms with Crippen molar-refractivity contribution in [3.05, 3.63) is 0 Å². The van der Waals surface area contributed by atoms with E-state index in [0.717, 1.165) is 19.5 Å². The number of amides is 1. The lowest BCUT2D eigenvalue weighted by atomic mass is 9.82. The first-order valence-corrected chi connectivity index (χ1v) is 7.97. The summed E-state index contributed by atoms with van der Waals surface area (Å²) in [5, 5.41) is 0. The summed E-state index contributed by atoms with van der Waals surface area (Å²) in [6.07, 6.45) is 7.47. The first kappa shape index (κ1) is 13.4. The van der Waals surface area contributed by atoms with E-state index in [1.165, 1.54) is 45.2 Å². The van der Waals surface area contributed by atoms with Gasteiger partial charge in [-0.2, -0.15) is 0 Å². The van der Waals surface area contributed by atoms with Gasteiger partial charge in [-0.15, -0.1) is 0 Å². The Hall–Kier alpha value is -0.610. The van der Waals surface area contributed by atoms with E-state index in [9.17, 15) is 4.79 Å². The number of ether oxygens (including phenoxy) is 1. The van der Waals surface area contributed by atoms with Gasteiger partial charge < -0.3 is 9.64 Å². The molecular formula is C15H26N2O2. The van der Waals surface area contributed by atoms with Crippen molar-refractivity contribution in [2.45, 2.75) is 44.6 Å². The van der Waals surface area contributed by atoms with Crippen LogP contribution in [0.1, 0.15) is 38.5 Å². The van der Waals surface area contributed by atoms with Crippen LogP contribution in [0.5, 0.6) is 0 Å². The fourth-order valence-electron chi connectivity index (χ4n) is 3.93. The van der Waals surface area contributed by atoms with Crippen LogP contribution in [0.25, 0.3) is 0 Å². The van der Waals surface area contributed by atoms with Crippen LogP contribution in [-0.2, 0) is 9.53 Å². The maximum atomic E-state index is 12.8. The molecule has 0 aromatic rings. The van der Waals surface area contributed by atoms with E-state index < -0.39 is 0 Å². The van der Waals surface area contributed by atoms with Gasteiger partial charge in [0.05, 0.1) is 19.1 Å². The highest BCUT2D eigenvalue weighted by Crippen LogP contribution is 2.32. The highest BCUT2D eigenvalue weighted by molar-refractivity contribution is 5.79. The molecular weight excluding hydrogens is 240 g/mol. The highest BCUT2D eigenvalue weighted by Gasteiger charge is 2.37.